The van der Waals surface area contributed by atoms with Gasteiger partial charge in [-0.2, -0.15) is 0 Å². The highest BCUT2D eigenvalue weighted by atomic mass is 16.4. The number of aromatic nitrogens is 2. The van der Waals surface area contributed by atoms with E-state index in [1.165, 1.54) is 70.8 Å². The second-order valence-corrected chi connectivity index (χ2v) is 10.7. The van der Waals surface area contributed by atoms with Gasteiger partial charge < -0.3 is 14.2 Å². The fraction of sp³-hybridized carbons (Fsp3) is 0.452. The molecule has 1 fully saturated rings. The summed E-state index contributed by atoms with van der Waals surface area (Å²) in [6.45, 7) is 9.43. The lowest BCUT2D eigenvalue weighted by molar-refractivity contribution is 0.0697. The topological polar surface area (TPSA) is 50.4 Å². The number of hydrogen-bond acceptors (Lipinski definition) is 2. The van der Waals surface area contributed by atoms with E-state index in [0.717, 1.165) is 44.7 Å². The monoisotopic (exact) mass is 483 g/mol. The molecule has 3 heterocycles. The van der Waals surface area contributed by atoms with Gasteiger partial charge in [-0.3, -0.25) is 4.90 Å². The minimum absolute atomic E-state index is 0.378. The molecule has 2 aromatic heterocycles. The number of rotatable bonds is 6. The van der Waals surface area contributed by atoms with Crippen LogP contribution in [0.1, 0.15) is 79.8 Å². The molecule has 0 radical (unpaired) electrons. The third kappa shape index (κ3) is 3.76. The van der Waals surface area contributed by atoms with Crippen LogP contribution in [0.5, 0.6) is 0 Å². The van der Waals surface area contributed by atoms with Crippen molar-refractivity contribution < 1.29 is 9.90 Å². The Morgan fingerprint density at radius 2 is 1.81 bits per heavy atom. The Kier molecular flexibility index (Phi) is 6.12. The van der Waals surface area contributed by atoms with Crippen LogP contribution in [-0.2, 0) is 19.6 Å². The number of carbonyl (C=O) groups is 1. The Hall–Kier alpha value is -3.05. The van der Waals surface area contributed by atoms with Gasteiger partial charge in [-0.1, -0.05) is 57.4 Å². The summed E-state index contributed by atoms with van der Waals surface area (Å²) >= 11 is 0. The molecule has 2 aliphatic rings. The molecule has 0 amide bonds. The fourth-order valence-corrected chi connectivity index (χ4v) is 6.85. The molecule has 0 bridgehead atoms. The highest BCUT2D eigenvalue weighted by Crippen LogP contribution is 2.47. The Labute approximate surface area is 213 Å². The van der Waals surface area contributed by atoms with E-state index in [1.807, 2.05) is 6.07 Å². The molecular formula is C31H37N3O2. The van der Waals surface area contributed by atoms with Gasteiger partial charge in [0.1, 0.15) is 0 Å². The van der Waals surface area contributed by atoms with Crippen LogP contribution in [0.15, 0.2) is 42.6 Å². The molecule has 2 aromatic carbocycles. The Balaban J connectivity index is 1.64. The van der Waals surface area contributed by atoms with Crippen molar-refractivity contribution in [3.8, 4) is 11.3 Å². The SMILES string of the molecule is CCN(CC)Cc1cn2c3c(cccc13)-c1c(C3CCCCC3)c3ccc(C(=O)O)cc3n1CCC2. The molecule has 0 unspecified atom stereocenters. The van der Waals surface area contributed by atoms with Gasteiger partial charge in [0.05, 0.1) is 16.8 Å². The van der Waals surface area contributed by atoms with Crippen LogP contribution in [0.25, 0.3) is 33.1 Å². The number of aryl methyl sites for hydroxylation is 2. The van der Waals surface area contributed by atoms with Crippen LogP contribution < -0.4 is 0 Å². The van der Waals surface area contributed by atoms with Gasteiger partial charge in [0.15, 0.2) is 0 Å². The number of aromatic carboxylic acids is 1. The first-order chi connectivity index (χ1) is 17.6. The van der Waals surface area contributed by atoms with E-state index in [-0.39, 0.29) is 0 Å². The van der Waals surface area contributed by atoms with Crippen molar-refractivity contribution in [1.29, 1.82) is 0 Å². The minimum Gasteiger partial charge on any atom is -0.478 e. The highest BCUT2D eigenvalue weighted by molar-refractivity contribution is 6.03. The van der Waals surface area contributed by atoms with Gasteiger partial charge in [0, 0.05) is 47.7 Å². The lowest BCUT2D eigenvalue weighted by Crippen LogP contribution is -2.21. The molecule has 0 atom stereocenters. The van der Waals surface area contributed by atoms with Gasteiger partial charge >= 0.3 is 5.97 Å². The lowest BCUT2D eigenvalue weighted by Gasteiger charge is -2.25. The van der Waals surface area contributed by atoms with Crippen LogP contribution in [0.4, 0.5) is 0 Å². The summed E-state index contributed by atoms with van der Waals surface area (Å²) in [5, 5.41) is 12.4. The van der Waals surface area contributed by atoms with Crippen molar-refractivity contribution in [2.75, 3.05) is 13.1 Å². The maximum Gasteiger partial charge on any atom is 0.335 e. The van der Waals surface area contributed by atoms with Crippen LogP contribution in [0.2, 0.25) is 0 Å². The summed E-state index contributed by atoms with van der Waals surface area (Å²) in [6.07, 6.45) is 9.74. The minimum atomic E-state index is -0.852. The van der Waals surface area contributed by atoms with Gasteiger partial charge in [-0.05, 0) is 61.5 Å². The number of benzene rings is 2. The van der Waals surface area contributed by atoms with E-state index in [2.05, 4.69) is 58.3 Å². The number of carboxylic acid groups (broad SMARTS) is 1. The van der Waals surface area contributed by atoms with Crippen LogP contribution in [-0.4, -0.2) is 38.2 Å². The second-order valence-electron chi connectivity index (χ2n) is 10.7. The molecule has 0 spiro atoms. The summed E-state index contributed by atoms with van der Waals surface area (Å²) in [5.74, 6) is -0.323. The van der Waals surface area contributed by atoms with E-state index < -0.39 is 5.97 Å². The van der Waals surface area contributed by atoms with Crippen LogP contribution in [0.3, 0.4) is 0 Å². The maximum atomic E-state index is 11.9. The fourth-order valence-electron chi connectivity index (χ4n) is 6.85. The Morgan fingerprint density at radius 1 is 1.00 bits per heavy atom. The molecule has 6 rings (SSSR count). The van der Waals surface area contributed by atoms with Crippen molar-refractivity contribution in [1.82, 2.24) is 14.0 Å². The van der Waals surface area contributed by atoms with E-state index in [4.69, 9.17) is 0 Å². The number of carboxylic acids is 1. The molecule has 0 saturated heterocycles. The first-order valence-electron chi connectivity index (χ1n) is 13.8. The number of hydrogen-bond donors (Lipinski definition) is 1. The van der Waals surface area contributed by atoms with E-state index in [0.29, 0.717) is 11.5 Å². The molecule has 36 heavy (non-hydrogen) atoms. The smallest absolute Gasteiger partial charge is 0.335 e. The Bertz CT molecular complexity index is 1430. The van der Waals surface area contributed by atoms with E-state index in [9.17, 15) is 9.90 Å². The summed E-state index contributed by atoms with van der Waals surface area (Å²) in [7, 11) is 0. The summed E-state index contributed by atoms with van der Waals surface area (Å²) in [6, 6.07) is 12.6. The van der Waals surface area contributed by atoms with Gasteiger partial charge in [0.2, 0.25) is 0 Å². The summed E-state index contributed by atoms with van der Waals surface area (Å²) in [4.78, 5) is 14.4. The third-order valence-corrected chi connectivity index (χ3v) is 8.67. The zero-order chi connectivity index (χ0) is 24.8. The lowest BCUT2D eigenvalue weighted by atomic mass is 9.81. The van der Waals surface area contributed by atoms with Gasteiger partial charge in [-0.15, -0.1) is 0 Å². The molecule has 188 valence electrons. The predicted molar refractivity (Wildman–Crippen MR) is 147 cm³/mol. The highest BCUT2D eigenvalue weighted by Gasteiger charge is 2.29. The molecule has 5 heteroatoms. The molecule has 1 aliphatic heterocycles. The average molecular weight is 484 g/mol. The van der Waals surface area contributed by atoms with Crippen molar-refractivity contribution in [3.05, 3.63) is 59.3 Å². The van der Waals surface area contributed by atoms with E-state index >= 15 is 0 Å². The largest absolute Gasteiger partial charge is 0.478 e. The van der Waals surface area contributed by atoms with Crippen molar-refractivity contribution in [2.45, 2.75) is 77.9 Å². The normalized spacial score (nSPS) is 16.4. The van der Waals surface area contributed by atoms with Crippen molar-refractivity contribution >= 4 is 27.8 Å². The predicted octanol–water partition coefficient (Wildman–Crippen LogP) is 7.25. The number of para-hydroxylation sites is 1. The van der Waals surface area contributed by atoms with E-state index in [1.54, 1.807) is 6.07 Å². The molecule has 5 nitrogen and oxygen atoms in total. The number of fused-ring (bicyclic) bond motifs is 4. The molecule has 1 N–H and O–H groups in total. The maximum absolute atomic E-state index is 11.9. The zero-order valence-corrected chi connectivity index (χ0v) is 21.6. The first kappa shape index (κ1) is 23.4. The molecule has 1 aliphatic carbocycles. The average Bonchev–Trinajstić information content (AvgIpc) is 3.41. The molecule has 4 aromatic rings. The standard InChI is InChI=1S/C31H37N3O2/c1-3-32(4-2)19-23-20-33-16-9-17-34-27-18-22(31(35)36)14-15-25(27)28(21-10-6-5-7-11-21)30(34)26-13-8-12-24(23)29(26)33/h8,12-15,18,20-21H,3-7,9-11,16-17,19H2,1-2H3,(H,35,36). The van der Waals surface area contributed by atoms with Crippen molar-refractivity contribution in [2.24, 2.45) is 0 Å². The van der Waals surface area contributed by atoms with Crippen LogP contribution >= 0.6 is 0 Å². The molecule has 1 saturated carbocycles. The van der Waals surface area contributed by atoms with Gasteiger partial charge in [-0.25, -0.2) is 4.79 Å². The van der Waals surface area contributed by atoms with Gasteiger partial charge in [0.25, 0.3) is 0 Å². The van der Waals surface area contributed by atoms with Crippen LogP contribution in [0, 0.1) is 0 Å². The quantitative estimate of drug-likeness (QED) is 0.314. The second kappa shape index (κ2) is 9.44. The molecular weight excluding hydrogens is 446 g/mol. The first-order valence-corrected chi connectivity index (χ1v) is 13.8. The summed E-state index contributed by atoms with van der Waals surface area (Å²) in [5.41, 5.74) is 8.32. The summed E-state index contributed by atoms with van der Waals surface area (Å²) < 4.78 is 4.96. The number of nitrogens with zero attached hydrogens (tertiary/aromatic N) is 3. The third-order valence-electron chi connectivity index (χ3n) is 8.67. The zero-order valence-electron chi connectivity index (χ0n) is 21.6. The van der Waals surface area contributed by atoms with Crippen molar-refractivity contribution in [3.63, 3.8) is 0 Å². The Morgan fingerprint density at radius 3 is 2.56 bits per heavy atom.